The molecule has 2 aromatic carbocycles. The van der Waals surface area contributed by atoms with E-state index in [1.807, 2.05) is 41.0 Å². The Morgan fingerprint density at radius 1 is 1.00 bits per heavy atom. The normalized spacial score (nSPS) is 19.4. The van der Waals surface area contributed by atoms with E-state index in [1.165, 1.54) is 16.1 Å². The highest BCUT2D eigenvalue weighted by atomic mass is 32.2. The SMILES string of the molecule is O=C1OCCC1Sc1nnc(-c2cccc(S(=O)(=O)N3CCCC3)c2)n1-c1ccccc1. The van der Waals surface area contributed by atoms with Crippen LogP contribution in [0.1, 0.15) is 19.3 Å². The van der Waals surface area contributed by atoms with Crippen LogP contribution in [0.5, 0.6) is 0 Å². The first-order valence-electron chi connectivity index (χ1n) is 10.5. The molecule has 0 amide bonds. The van der Waals surface area contributed by atoms with Gasteiger partial charge in [0.05, 0.1) is 11.5 Å². The third kappa shape index (κ3) is 3.94. The fourth-order valence-electron chi connectivity index (χ4n) is 3.93. The number of carbonyl (C=O) groups excluding carboxylic acids is 1. The molecule has 1 aromatic heterocycles. The Bertz CT molecular complexity index is 1240. The van der Waals surface area contributed by atoms with Gasteiger partial charge < -0.3 is 4.74 Å². The van der Waals surface area contributed by atoms with Crippen molar-refractivity contribution in [2.75, 3.05) is 19.7 Å². The molecule has 0 aliphatic carbocycles. The van der Waals surface area contributed by atoms with Crippen LogP contribution in [0.25, 0.3) is 17.1 Å². The first-order chi connectivity index (χ1) is 15.5. The third-order valence-electron chi connectivity index (χ3n) is 5.58. The molecular weight excluding hydrogens is 448 g/mol. The minimum absolute atomic E-state index is 0.244. The number of rotatable bonds is 6. The molecule has 8 nitrogen and oxygen atoms in total. The molecule has 0 N–H and O–H groups in total. The number of esters is 1. The minimum atomic E-state index is -3.56. The van der Waals surface area contributed by atoms with Gasteiger partial charge >= 0.3 is 5.97 Å². The molecule has 0 saturated carbocycles. The predicted molar refractivity (Wildman–Crippen MR) is 120 cm³/mol. The molecule has 0 spiro atoms. The number of para-hydroxylation sites is 1. The van der Waals surface area contributed by atoms with Gasteiger partial charge in [-0.15, -0.1) is 10.2 Å². The lowest BCUT2D eigenvalue weighted by atomic mass is 10.2. The molecule has 1 unspecified atom stereocenters. The molecular formula is C22H22N4O4S2. The molecule has 166 valence electrons. The van der Waals surface area contributed by atoms with Crippen molar-refractivity contribution in [2.45, 2.75) is 34.6 Å². The lowest BCUT2D eigenvalue weighted by Crippen LogP contribution is -2.27. The number of cyclic esters (lactones) is 1. The molecule has 1 atom stereocenters. The highest BCUT2D eigenvalue weighted by Gasteiger charge is 2.31. The second-order valence-electron chi connectivity index (χ2n) is 7.68. The van der Waals surface area contributed by atoms with Gasteiger partial charge in [0.15, 0.2) is 11.0 Å². The molecule has 2 fully saturated rings. The zero-order valence-corrected chi connectivity index (χ0v) is 18.9. The highest BCUT2D eigenvalue weighted by Crippen LogP contribution is 2.34. The molecule has 10 heteroatoms. The van der Waals surface area contributed by atoms with Crippen molar-refractivity contribution in [3.8, 4) is 17.1 Å². The standard InChI is InChI=1S/C22H22N4O4S2/c27-21-19(11-14-30-21)31-22-24-23-20(26(22)17-8-2-1-3-9-17)16-7-6-10-18(15-16)32(28,29)25-12-4-5-13-25/h1-3,6-10,15,19H,4-5,11-14H2. The van der Waals surface area contributed by atoms with Crippen LogP contribution in [0.2, 0.25) is 0 Å². The summed E-state index contributed by atoms with van der Waals surface area (Å²) in [4.78, 5) is 12.3. The summed E-state index contributed by atoms with van der Waals surface area (Å²) in [5, 5.41) is 8.95. The maximum Gasteiger partial charge on any atom is 0.319 e. The summed E-state index contributed by atoms with van der Waals surface area (Å²) in [6.45, 7) is 1.50. The van der Waals surface area contributed by atoms with E-state index >= 15 is 0 Å². The first kappa shape index (κ1) is 21.2. The van der Waals surface area contributed by atoms with Crippen LogP contribution in [0.3, 0.4) is 0 Å². The number of carbonyl (C=O) groups is 1. The van der Waals surface area contributed by atoms with Gasteiger partial charge in [0.2, 0.25) is 10.0 Å². The number of sulfonamides is 1. The summed E-state index contributed by atoms with van der Waals surface area (Å²) in [5.41, 5.74) is 1.47. The molecule has 32 heavy (non-hydrogen) atoms. The Balaban J connectivity index is 1.57. The fourth-order valence-corrected chi connectivity index (χ4v) is 6.51. The molecule has 3 aromatic rings. The monoisotopic (exact) mass is 470 g/mol. The molecule has 0 bridgehead atoms. The number of aromatic nitrogens is 3. The number of hydrogen-bond acceptors (Lipinski definition) is 7. The Morgan fingerprint density at radius 2 is 1.78 bits per heavy atom. The van der Waals surface area contributed by atoms with Gasteiger partial charge in [0, 0.05) is 30.8 Å². The van der Waals surface area contributed by atoms with Gasteiger partial charge in [-0.05, 0) is 37.1 Å². The van der Waals surface area contributed by atoms with Gasteiger partial charge in [-0.25, -0.2) is 8.42 Å². The minimum Gasteiger partial charge on any atom is -0.465 e. The maximum atomic E-state index is 13.1. The quantitative estimate of drug-likeness (QED) is 0.511. The van der Waals surface area contributed by atoms with E-state index in [0.717, 1.165) is 18.5 Å². The van der Waals surface area contributed by atoms with E-state index in [1.54, 1.807) is 18.2 Å². The Labute approximate surface area is 190 Å². The first-order valence-corrected chi connectivity index (χ1v) is 12.8. The number of nitrogens with zero attached hydrogens (tertiary/aromatic N) is 4. The molecule has 3 heterocycles. The largest absolute Gasteiger partial charge is 0.465 e. The average molecular weight is 471 g/mol. The molecule has 2 aliphatic heterocycles. The summed E-state index contributed by atoms with van der Waals surface area (Å²) in [5.74, 6) is 0.265. The number of thioether (sulfide) groups is 1. The van der Waals surface area contributed by atoms with E-state index in [2.05, 4.69) is 10.2 Å². The van der Waals surface area contributed by atoms with Crippen molar-refractivity contribution >= 4 is 27.8 Å². The Morgan fingerprint density at radius 3 is 2.50 bits per heavy atom. The van der Waals surface area contributed by atoms with E-state index in [-0.39, 0.29) is 16.1 Å². The highest BCUT2D eigenvalue weighted by molar-refractivity contribution is 8.00. The Hall–Kier alpha value is -2.69. The third-order valence-corrected chi connectivity index (χ3v) is 8.66. The van der Waals surface area contributed by atoms with Crippen molar-refractivity contribution in [3.05, 3.63) is 54.6 Å². The van der Waals surface area contributed by atoms with E-state index in [0.29, 0.717) is 42.7 Å². The molecule has 5 rings (SSSR count). The summed E-state index contributed by atoms with van der Waals surface area (Å²) in [7, 11) is -3.56. The second kappa shape index (κ2) is 8.68. The number of ether oxygens (including phenoxy) is 1. The second-order valence-corrected chi connectivity index (χ2v) is 10.8. The van der Waals surface area contributed by atoms with Crippen molar-refractivity contribution in [2.24, 2.45) is 0 Å². The topological polar surface area (TPSA) is 94.4 Å². The summed E-state index contributed by atoms with van der Waals surface area (Å²) in [6, 6.07) is 16.4. The van der Waals surface area contributed by atoms with Gasteiger partial charge in [-0.2, -0.15) is 4.31 Å². The van der Waals surface area contributed by atoms with Crippen molar-refractivity contribution in [3.63, 3.8) is 0 Å². The predicted octanol–water partition coefficient (Wildman–Crippen LogP) is 3.13. The average Bonchev–Trinajstić information content (AvgIpc) is 3.57. The summed E-state index contributed by atoms with van der Waals surface area (Å²) >= 11 is 1.31. The van der Waals surface area contributed by atoms with Gasteiger partial charge in [0.25, 0.3) is 0 Å². The van der Waals surface area contributed by atoms with Gasteiger partial charge in [0.1, 0.15) is 5.25 Å². The van der Waals surface area contributed by atoms with Crippen LogP contribution < -0.4 is 0 Å². The van der Waals surface area contributed by atoms with Crippen LogP contribution in [0.15, 0.2) is 64.6 Å². The molecule has 2 aliphatic rings. The zero-order valence-electron chi connectivity index (χ0n) is 17.3. The van der Waals surface area contributed by atoms with Crippen LogP contribution in [0, 0.1) is 0 Å². The van der Waals surface area contributed by atoms with Crippen molar-refractivity contribution in [1.82, 2.24) is 19.1 Å². The lowest BCUT2D eigenvalue weighted by molar-refractivity contribution is -0.137. The smallest absolute Gasteiger partial charge is 0.319 e. The lowest BCUT2D eigenvalue weighted by Gasteiger charge is -2.16. The Kier molecular flexibility index (Phi) is 5.75. The van der Waals surface area contributed by atoms with E-state index in [4.69, 9.17) is 4.74 Å². The van der Waals surface area contributed by atoms with Crippen LogP contribution in [0.4, 0.5) is 0 Å². The van der Waals surface area contributed by atoms with E-state index in [9.17, 15) is 13.2 Å². The summed E-state index contributed by atoms with van der Waals surface area (Å²) < 4.78 is 34.6. The van der Waals surface area contributed by atoms with Gasteiger partial charge in [-0.3, -0.25) is 9.36 Å². The van der Waals surface area contributed by atoms with Crippen molar-refractivity contribution in [1.29, 1.82) is 0 Å². The maximum absolute atomic E-state index is 13.1. The number of benzene rings is 2. The fraction of sp³-hybridized carbons (Fsp3) is 0.318. The zero-order chi connectivity index (χ0) is 22.1. The van der Waals surface area contributed by atoms with Gasteiger partial charge in [-0.1, -0.05) is 42.1 Å². The number of hydrogen-bond donors (Lipinski definition) is 0. The van der Waals surface area contributed by atoms with Crippen molar-refractivity contribution < 1.29 is 17.9 Å². The molecule has 0 radical (unpaired) electrons. The van der Waals surface area contributed by atoms with Crippen LogP contribution in [-0.2, 0) is 19.6 Å². The van der Waals surface area contributed by atoms with Crippen LogP contribution in [-0.4, -0.2) is 58.4 Å². The molecule has 2 saturated heterocycles. The summed E-state index contributed by atoms with van der Waals surface area (Å²) in [6.07, 6.45) is 2.38. The van der Waals surface area contributed by atoms with Crippen LogP contribution >= 0.6 is 11.8 Å². The van der Waals surface area contributed by atoms with E-state index < -0.39 is 10.0 Å².